The molecule has 104 valence electrons. The number of hydrogen-bond donors (Lipinski definition) is 0. The van der Waals surface area contributed by atoms with Crippen LogP contribution in [-0.4, -0.2) is 24.1 Å². The molecule has 1 aliphatic heterocycles. The van der Waals surface area contributed by atoms with Gasteiger partial charge in [0.25, 0.3) is 0 Å². The van der Waals surface area contributed by atoms with Gasteiger partial charge in [-0.1, -0.05) is 23.7 Å². The normalized spacial score (nSPS) is 14.6. The van der Waals surface area contributed by atoms with Crippen LogP contribution in [0.5, 0.6) is 0 Å². The molecule has 1 aliphatic rings. The minimum absolute atomic E-state index is 0.0378. The average molecular weight is 292 g/mol. The number of nitrogens with zero attached hydrogens (tertiary/aromatic N) is 1. The van der Waals surface area contributed by atoms with Crippen LogP contribution in [0.1, 0.15) is 19.4 Å². The highest BCUT2D eigenvalue weighted by atomic mass is 35.5. The predicted molar refractivity (Wildman–Crippen MR) is 76.9 cm³/mol. The second-order valence-electron chi connectivity index (χ2n) is 4.37. The van der Waals surface area contributed by atoms with Crippen molar-refractivity contribution in [2.75, 3.05) is 6.61 Å². The van der Waals surface area contributed by atoms with Gasteiger partial charge in [0.2, 0.25) is 5.78 Å². The molecule has 0 spiro atoms. The Hall–Kier alpha value is -1.94. The summed E-state index contributed by atoms with van der Waals surface area (Å²) >= 11 is 5.81. The van der Waals surface area contributed by atoms with E-state index in [1.165, 1.54) is 0 Å². The van der Waals surface area contributed by atoms with E-state index in [0.29, 0.717) is 22.9 Å². The van der Waals surface area contributed by atoms with Crippen molar-refractivity contribution in [3.05, 3.63) is 46.1 Å². The molecule has 1 aromatic carbocycles. The number of ether oxygens (including phenoxy) is 1. The van der Waals surface area contributed by atoms with Gasteiger partial charge in [0.05, 0.1) is 18.0 Å². The van der Waals surface area contributed by atoms with Gasteiger partial charge in [0.15, 0.2) is 0 Å². The third-order valence-electron chi connectivity index (χ3n) is 2.92. The summed E-state index contributed by atoms with van der Waals surface area (Å²) in [5, 5.41) is 0.634. The van der Waals surface area contributed by atoms with Crippen LogP contribution >= 0.6 is 11.6 Å². The largest absolute Gasteiger partial charge is 0.462 e. The van der Waals surface area contributed by atoms with Crippen LogP contribution in [-0.2, 0) is 20.7 Å². The molecule has 0 N–H and O–H groups in total. The number of hydrogen-bond acceptors (Lipinski definition) is 4. The molecular weight excluding hydrogens is 278 g/mol. The Morgan fingerprint density at radius 2 is 1.95 bits per heavy atom. The number of esters is 1. The molecule has 0 radical (unpaired) electrons. The van der Waals surface area contributed by atoms with Gasteiger partial charge >= 0.3 is 5.97 Å². The van der Waals surface area contributed by atoms with E-state index in [2.05, 4.69) is 4.99 Å². The summed E-state index contributed by atoms with van der Waals surface area (Å²) in [6.45, 7) is 3.57. The van der Waals surface area contributed by atoms with Crippen molar-refractivity contribution < 1.29 is 14.3 Å². The highest BCUT2D eigenvalue weighted by Crippen LogP contribution is 2.20. The van der Waals surface area contributed by atoms with Gasteiger partial charge in [-0.05, 0) is 31.5 Å². The molecule has 0 fully saturated rings. The highest BCUT2D eigenvalue weighted by molar-refractivity contribution is 6.53. The van der Waals surface area contributed by atoms with E-state index in [9.17, 15) is 9.59 Å². The number of Topliss-reactive ketones (excluding diaryl/α,β-unsaturated/α-hetero) is 1. The highest BCUT2D eigenvalue weighted by Gasteiger charge is 2.31. The number of halogens is 1. The third-order valence-corrected chi connectivity index (χ3v) is 3.17. The zero-order chi connectivity index (χ0) is 14.7. The van der Waals surface area contributed by atoms with Crippen LogP contribution in [0, 0.1) is 0 Å². The summed E-state index contributed by atoms with van der Waals surface area (Å²) in [5.41, 5.74) is 1.72. The van der Waals surface area contributed by atoms with Crippen molar-refractivity contribution in [3.8, 4) is 0 Å². The number of aliphatic imine (C=N–C) groups is 1. The first-order chi connectivity index (χ1) is 9.52. The summed E-state index contributed by atoms with van der Waals surface area (Å²) in [6, 6.07) is 7.17. The van der Waals surface area contributed by atoms with Gasteiger partial charge in [0, 0.05) is 11.4 Å². The molecule has 0 aliphatic carbocycles. The smallest absolute Gasteiger partial charge is 0.344 e. The first-order valence-electron chi connectivity index (χ1n) is 6.27. The van der Waals surface area contributed by atoms with Crippen LogP contribution in [0.2, 0.25) is 5.02 Å². The van der Waals surface area contributed by atoms with Crippen molar-refractivity contribution in [3.63, 3.8) is 0 Å². The van der Waals surface area contributed by atoms with E-state index in [0.717, 1.165) is 5.56 Å². The number of carbonyl (C=O) groups is 2. The van der Waals surface area contributed by atoms with Crippen molar-refractivity contribution in [1.29, 1.82) is 0 Å². The topological polar surface area (TPSA) is 55.7 Å². The lowest BCUT2D eigenvalue weighted by molar-refractivity contribution is -0.139. The number of allylic oxidation sites excluding steroid dienone is 1. The van der Waals surface area contributed by atoms with Gasteiger partial charge in [-0.15, -0.1) is 0 Å². The molecule has 20 heavy (non-hydrogen) atoms. The molecule has 0 bridgehead atoms. The fraction of sp³-hybridized carbons (Fsp3) is 0.267. The van der Waals surface area contributed by atoms with Crippen molar-refractivity contribution in [2.24, 2.45) is 4.99 Å². The second kappa shape index (κ2) is 6.01. The standard InChI is InChI=1S/C15H14ClNO3/c1-3-20-15(19)13-9(2)17-12(14(13)18)8-10-4-6-11(16)7-5-10/h4-7H,3,8H2,1-2H3. The van der Waals surface area contributed by atoms with Gasteiger partial charge in [-0.25, -0.2) is 4.79 Å². The lowest BCUT2D eigenvalue weighted by Gasteiger charge is -2.03. The van der Waals surface area contributed by atoms with E-state index in [4.69, 9.17) is 16.3 Å². The first kappa shape index (κ1) is 14.5. The van der Waals surface area contributed by atoms with E-state index < -0.39 is 5.97 Å². The number of carbonyl (C=O) groups excluding carboxylic acids is 2. The van der Waals surface area contributed by atoms with E-state index in [1.807, 2.05) is 12.1 Å². The Kier molecular flexibility index (Phi) is 4.35. The second-order valence-corrected chi connectivity index (χ2v) is 4.81. The Labute approximate surface area is 122 Å². The zero-order valence-corrected chi connectivity index (χ0v) is 12.0. The van der Waals surface area contributed by atoms with Gasteiger partial charge in [-0.2, -0.15) is 0 Å². The maximum atomic E-state index is 12.2. The summed E-state index contributed by atoms with van der Waals surface area (Å²) in [7, 11) is 0. The Morgan fingerprint density at radius 1 is 1.30 bits per heavy atom. The molecule has 0 saturated carbocycles. The van der Waals surface area contributed by atoms with Crippen LogP contribution < -0.4 is 0 Å². The Balaban J connectivity index is 2.14. The molecular formula is C15H14ClNO3. The molecule has 4 nitrogen and oxygen atoms in total. The van der Waals surface area contributed by atoms with E-state index in [1.54, 1.807) is 26.0 Å². The number of benzene rings is 1. The molecule has 1 aromatic rings. The summed E-state index contributed by atoms with van der Waals surface area (Å²) in [4.78, 5) is 28.1. The molecule has 0 saturated heterocycles. The van der Waals surface area contributed by atoms with Crippen LogP contribution in [0.3, 0.4) is 0 Å². The van der Waals surface area contributed by atoms with Crippen LogP contribution in [0.25, 0.3) is 0 Å². The summed E-state index contributed by atoms with van der Waals surface area (Å²) in [5.74, 6) is -0.958. The Bertz CT molecular complexity index is 615. The minimum atomic E-state index is -0.607. The maximum Gasteiger partial charge on any atom is 0.344 e. The Morgan fingerprint density at radius 3 is 2.55 bits per heavy atom. The van der Waals surface area contributed by atoms with Crippen LogP contribution in [0.15, 0.2) is 40.5 Å². The van der Waals surface area contributed by atoms with Gasteiger partial charge < -0.3 is 4.74 Å². The molecule has 5 heteroatoms. The van der Waals surface area contributed by atoms with E-state index >= 15 is 0 Å². The van der Waals surface area contributed by atoms with Gasteiger partial charge in [-0.3, -0.25) is 9.79 Å². The fourth-order valence-corrected chi connectivity index (χ4v) is 2.10. The summed E-state index contributed by atoms with van der Waals surface area (Å²) < 4.78 is 4.87. The van der Waals surface area contributed by atoms with Crippen molar-refractivity contribution >= 4 is 29.1 Å². The van der Waals surface area contributed by atoms with Crippen molar-refractivity contribution in [1.82, 2.24) is 0 Å². The predicted octanol–water partition coefficient (Wildman–Crippen LogP) is 2.74. The lowest BCUT2D eigenvalue weighted by Crippen LogP contribution is -2.21. The number of ketones is 1. The zero-order valence-electron chi connectivity index (χ0n) is 11.3. The molecule has 0 amide bonds. The van der Waals surface area contributed by atoms with Gasteiger partial charge in [0.1, 0.15) is 5.57 Å². The summed E-state index contributed by atoms with van der Waals surface area (Å²) in [6.07, 6.45) is 0.371. The fourth-order valence-electron chi connectivity index (χ4n) is 1.98. The molecule has 1 heterocycles. The minimum Gasteiger partial charge on any atom is -0.462 e. The molecule has 2 rings (SSSR count). The average Bonchev–Trinajstić information content (AvgIpc) is 2.67. The monoisotopic (exact) mass is 291 g/mol. The first-order valence-corrected chi connectivity index (χ1v) is 6.65. The molecule has 0 unspecified atom stereocenters. The van der Waals surface area contributed by atoms with E-state index in [-0.39, 0.29) is 18.0 Å². The maximum absolute atomic E-state index is 12.2. The van der Waals surface area contributed by atoms with Crippen molar-refractivity contribution in [2.45, 2.75) is 20.3 Å². The number of rotatable bonds is 4. The molecule has 0 atom stereocenters. The SMILES string of the molecule is CCOC(=O)C1=C(C)N=C(Cc2ccc(Cl)cc2)C1=O. The van der Waals surface area contributed by atoms with Crippen LogP contribution in [0.4, 0.5) is 0 Å². The molecule has 0 aromatic heterocycles. The third kappa shape index (κ3) is 2.96. The lowest BCUT2D eigenvalue weighted by atomic mass is 10.0. The quantitative estimate of drug-likeness (QED) is 0.633.